The predicted octanol–water partition coefficient (Wildman–Crippen LogP) is 4.82. The van der Waals surface area contributed by atoms with Gasteiger partial charge in [0.2, 0.25) is 5.91 Å². The molecule has 1 atom stereocenters. The average molecular weight is 613 g/mol. The van der Waals surface area contributed by atoms with Gasteiger partial charge in [0, 0.05) is 19.3 Å². The summed E-state index contributed by atoms with van der Waals surface area (Å²) >= 11 is 0. The monoisotopic (exact) mass is 612 g/mol. The molecule has 0 spiro atoms. The van der Waals surface area contributed by atoms with E-state index in [1.807, 2.05) is 47.4 Å². The number of ether oxygens (including phenoxy) is 2. The van der Waals surface area contributed by atoms with Gasteiger partial charge in [-0.05, 0) is 89.7 Å². The number of benzene rings is 4. The summed E-state index contributed by atoms with van der Waals surface area (Å²) in [7, 11) is -3.33. The van der Waals surface area contributed by atoms with Crippen molar-refractivity contribution in [2.24, 2.45) is 0 Å². The van der Waals surface area contributed by atoms with Crippen molar-refractivity contribution in [2.75, 3.05) is 26.0 Å². The Labute approximate surface area is 256 Å². The zero-order chi connectivity index (χ0) is 30.8. The summed E-state index contributed by atoms with van der Waals surface area (Å²) in [5.74, 6) is 1.02. The Morgan fingerprint density at radius 1 is 0.977 bits per heavy atom. The molecule has 0 saturated carbocycles. The summed E-state index contributed by atoms with van der Waals surface area (Å²) in [5.41, 5.74) is 3.74. The minimum Gasteiger partial charge on any atom is -0.507 e. The minimum absolute atomic E-state index is 0.0751. The highest BCUT2D eigenvalue weighted by Crippen LogP contribution is 2.39. The molecular weight excluding hydrogens is 580 g/mol. The molecule has 0 fully saturated rings. The second-order valence-corrected chi connectivity index (χ2v) is 13.0. The number of rotatable bonds is 3. The van der Waals surface area contributed by atoms with Crippen molar-refractivity contribution in [1.29, 1.82) is 0 Å². The number of nitrogens with zero attached hydrogens (tertiary/aromatic N) is 1. The van der Waals surface area contributed by atoms with Gasteiger partial charge in [-0.25, -0.2) is 8.42 Å². The molecule has 0 aliphatic carbocycles. The van der Waals surface area contributed by atoms with Gasteiger partial charge < -0.3 is 24.8 Å². The number of nitrogens with one attached hydrogen (secondary N) is 1. The van der Waals surface area contributed by atoms with Gasteiger partial charge in [-0.15, -0.1) is 0 Å². The van der Waals surface area contributed by atoms with Crippen molar-refractivity contribution < 1.29 is 32.6 Å². The van der Waals surface area contributed by atoms with Crippen LogP contribution in [0, 0.1) is 0 Å². The fourth-order valence-corrected chi connectivity index (χ4v) is 6.29. The maximum absolute atomic E-state index is 13.8. The minimum atomic E-state index is -3.33. The smallest absolute Gasteiger partial charge is 0.255 e. The van der Waals surface area contributed by atoms with Crippen LogP contribution in [0.2, 0.25) is 0 Å². The molecule has 1 unspecified atom stereocenters. The predicted molar refractivity (Wildman–Crippen MR) is 164 cm³/mol. The molecule has 4 aromatic carbocycles. The van der Waals surface area contributed by atoms with Crippen molar-refractivity contribution in [3.63, 3.8) is 0 Å². The number of hydrogen-bond donors (Lipinski definition) is 2. The van der Waals surface area contributed by atoms with E-state index in [4.69, 9.17) is 9.47 Å². The molecule has 3 aliphatic heterocycles. The molecule has 8 bridgehead atoms. The molecule has 3 heterocycles. The maximum Gasteiger partial charge on any atom is 0.255 e. The van der Waals surface area contributed by atoms with E-state index < -0.39 is 15.7 Å². The molecule has 9 nitrogen and oxygen atoms in total. The zero-order valence-corrected chi connectivity index (χ0v) is 25.0. The van der Waals surface area contributed by atoms with Gasteiger partial charge in [0.1, 0.15) is 23.0 Å². The van der Waals surface area contributed by atoms with Gasteiger partial charge in [0.25, 0.3) is 5.91 Å². The van der Waals surface area contributed by atoms with E-state index in [9.17, 15) is 23.1 Å². The second-order valence-electron chi connectivity index (χ2n) is 11.0. The molecule has 4 aromatic rings. The van der Waals surface area contributed by atoms with E-state index in [0.717, 1.165) is 28.5 Å². The number of hydrogen-bond acceptors (Lipinski definition) is 7. The fourth-order valence-electron chi connectivity index (χ4n) is 5.66. The Kier molecular flexibility index (Phi) is 8.01. The molecule has 44 heavy (non-hydrogen) atoms. The van der Waals surface area contributed by atoms with Crippen molar-refractivity contribution in [3.05, 3.63) is 113 Å². The van der Waals surface area contributed by atoms with E-state index >= 15 is 0 Å². The lowest BCUT2D eigenvalue weighted by Crippen LogP contribution is -2.41. The molecule has 7 rings (SSSR count). The Balaban J connectivity index is 1.36. The number of amides is 2. The molecule has 0 radical (unpaired) electrons. The molecule has 2 N–H and O–H groups in total. The first-order valence-corrected chi connectivity index (χ1v) is 16.3. The number of sulfone groups is 1. The third-order valence-corrected chi connectivity index (χ3v) is 9.00. The van der Waals surface area contributed by atoms with Crippen LogP contribution < -0.4 is 14.8 Å². The van der Waals surface area contributed by atoms with Crippen molar-refractivity contribution in [3.8, 4) is 23.0 Å². The van der Waals surface area contributed by atoms with Crippen LogP contribution in [0.25, 0.3) is 0 Å². The van der Waals surface area contributed by atoms with Crippen molar-refractivity contribution in [2.45, 2.75) is 30.2 Å². The van der Waals surface area contributed by atoms with Crippen LogP contribution in [-0.2, 0) is 27.5 Å². The van der Waals surface area contributed by atoms with Gasteiger partial charge in [0.15, 0.2) is 9.84 Å². The van der Waals surface area contributed by atoms with Gasteiger partial charge in [-0.3, -0.25) is 9.59 Å². The summed E-state index contributed by atoms with van der Waals surface area (Å²) in [6, 6.07) is 24.0. The largest absolute Gasteiger partial charge is 0.507 e. The average Bonchev–Trinajstić information content (AvgIpc) is 3.00. The number of aromatic hydroxyl groups is 1. The standard InChI is InChI=1S/C34H32N2O7S/c1-44(40,41)28-10-6-22(7-11-28)18-32(38)36-16-14-23-19-26-8-12-29(23)33(36)24-4-2-5-25(20-24)42-17-3-15-35-34(39)30-21-27(43-26)9-13-31(30)37/h2,4-13,19-21,33,37H,3,14-18H2,1H3,(H,35,39). The third kappa shape index (κ3) is 6.26. The quantitative estimate of drug-likeness (QED) is 0.340. The number of phenolic OH excluding ortho intramolecular Hbond substituents is 1. The van der Waals surface area contributed by atoms with Gasteiger partial charge in [-0.2, -0.15) is 0 Å². The summed E-state index contributed by atoms with van der Waals surface area (Å²) in [4.78, 5) is 28.6. The SMILES string of the molecule is CS(=O)(=O)c1ccc(CC(=O)N2CCc3cc4ccc3C2c2cccc(c2)OCCCNC(=O)c2cc(ccc2O)O4)cc1. The maximum atomic E-state index is 13.8. The zero-order valence-electron chi connectivity index (χ0n) is 24.2. The normalized spacial score (nSPS) is 16.6. The first-order valence-electron chi connectivity index (χ1n) is 14.4. The van der Waals surface area contributed by atoms with Gasteiger partial charge >= 0.3 is 0 Å². The lowest BCUT2D eigenvalue weighted by atomic mass is 9.87. The van der Waals surface area contributed by atoms with Crippen LogP contribution in [0.3, 0.4) is 0 Å². The van der Waals surface area contributed by atoms with E-state index in [-0.39, 0.29) is 34.6 Å². The molecule has 2 amide bonds. The van der Waals surface area contributed by atoms with E-state index in [0.29, 0.717) is 49.8 Å². The topological polar surface area (TPSA) is 122 Å². The van der Waals surface area contributed by atoms with E-state index in [1.54, 1.807) is 18.2 Å². The lowest BCUT2D eigenvalue weighted by Gasteiger charge is -2.38. The van der Waals surface area contributed by atoms with Crippen LogP contribution >= 0.6 is 0 Å². The Morgan fingerprint density at radius 3 is 2.55 bits per heavy atom. The first-order chi connectivity index (χ1) is 21.2. The van der Waals surface area contributed by atoms with Crippen LogP contribution in [-0.4, -0.2) is 56.2 Å². The van der Waals surface area contributed by atoms with Crippen molar-refractivity contribution >= 4 is 21.7 Å². The first kappa shape index (κ1) is 29.3. The number of carbonyl (C=O) groups excluding carboxylic acids is 2. The number of carbonyl (C=O) groups is 2. The second kappa shape index (κ2) is 12.0. The molecular formula is C34H32N2O7S. The van der Waals surface area contributed by atoms with Crippen LogP contribution in [0.5, 0.6) is 23.0 Å². The van der Waals surface area contributed by atoms with Crippen LogP contribution in [0.4, 0.5) is 0 Å². The van der Waals surface area contributed by atoms with E-state index in [1.165, 1.54) is 24.3 Å². The van der Waals surface area contributed by atoms with Crippen molar-refractivity contribution in [1.82, 2.24) is 10.2 Å². The van der Waals surface area contributed by atoms with E-state index in [2.05, 4.69) is 5.32 Å². The Morgan fingerprint density at radius 2 is 1.75 bits per heavy atom. The summed E-state index contributed by atoms with van der Waals surface area (Å²) in [6.07, 6.45) is 2.43. The Bertz CT molecular complexity index is 1840. The highest BCUT2D eigenvalue weighted by atomic mass is 32.2. The summed E-state index contributed by atoms with van der Waals surface area (Å²) in [6.45, 7) is 1.18. The molecule has 3 aliphatic rings. The highest BCUT2D eigenvalue weighted by molar-refractivity contribution is 7.90. The van der Waals surface area contributed by atoms with Gasteiger partial charge in [0.05, 0.1) is 29.5 Å². The number of phenols is 1. The molecule has 226 valence electrons. The van der Waals surface area contributed by atoms with Gasteiger partial charge in [-0.1, -0.05) is 30.3 Å². The van der Waals surface area contributed by atoms with Crippen LogP contribution in [0.1, 0.15) is 45.1 Å². The highest BCUT2D eigenvalue weighted by Gasteiger charge is 2.33. The third-order valence-electron chi connectivity index (χ3n) is 7.87. The number of fused-ring (bicyclic) bond motifs is 6. The molecule has 10 heteroatoms. The van der Waals surface area contributed by atoms with Crippen LogP contribution in [0.15, 0.2) is 89.8 Å². The fraction of sp³-hybridized carbons (Fsp3) is 0.235. The molecule has 0 aromatic heterocycles. The summed E-state index contributed by atoms with van der Waals surface area (Å²) < 4.78 is 35.9. The molecule has 0 saturated heterocycles. The summed E-state index contributed by atoms with van der Waals surface area (Å²) in [5, 5.41) is 13.1. The Hall–Kier alpha value is -4.83. The lowest BCUT2D eigenvalue weighted by molar-refractivity contribution is -0.132.